The van der Waals surface area contributed by atoms with Crippen molar-refractivity contribution in [2.75, 3.05) is 0 Å². The van der Waals surface area contributed by atoms with Crippen LogP contribution in [0.5, 0.6) is 11.5 Å². The second-order valence-electron chi connectivity index (χ2n) is 15.3. The van der Waals surface area contributed by atoms with Crippen molar-refractivity contribution in [2.45, 2.75) is 105 Å². The van der Waals surface area contributed by atoms with Gasteiger partial charge in [0.2, 0.25) is 0 Å². The molecule has 0 spiro atoms. The SMILES string of the molecule is CC(C)(C)c1cc(-n2nc3ccc(Cl)cc3n2)c(OC(=O)c2cc(C(C)(C)C)c(O)c(C(C)(C)C)c2)c(C(C)(C)C)c1. The fraction of sp³-hybridized carbons (Fsp3) is 0.457. The van der Waals surface area contributed by atoms with Gasteiger partial charge in [-0.2, -0.15) is 0 Å². The first-order valence-corrected chi connectivity index (χ1v) is 14.8. The van der Waals surface area contributed by atoms with Crippen molar-refractivity contribution in [3.63, 3.8) is 0 Å². The van der Waals surface area contributed by atoms with Crippen LogP contribution < -0.4 is 4.74 Å². The lowest BCUT2D eigenvalue weighted by atomic mass is 9.78. The maximum Gasteiger partial charge on any atom is 0.343 e. The first-order valence-electron chi connectivity index (χ1n) is 14.4. The lowest BCUT2D eigenvalue weighted by molar-refractivity contribution is 0.0731. The Labute approximate surface area is 255 Å². The van der Waals surface area contributed by atoms with E-state index in [-0.39, 0.29) is 16.6 Å². The number of ether oxygens (including phenoxy) is 1. The van der Waals surface area contributed by atoms with Crippen molar-refractivity contribution >= 4 is 28.6 Å². The molecule has 0 fully saturated rings. The van der Waals surface area contributed by atoms with Gasteiger partial charge in [-0.15, -0.1) is 15.0 Å². The number of nitrogens with zero attached hydrogens (tertiary/aromatic N) is 3. The van der Waals surface area contributed by atoms with Crippen molar-refractivity contribution in [1.29, 1.82) is 0 Å². The van der Waals surface area contributed by atoms with Crippen LogP contribution in [0, 0.1) is 0 Å². The number of phenolic OH excluding ortho intramolecular Hbond substituents is 1. The number of aromatic nitrogens is 3. The predicted octanol–water partition coefficient (Wildman–Crippen LogP) is 9.19. The summed E-state index contributed by atoms with van der Waals surface area (Å²) in [6.45, 7) is 24.8. The van der Waals surface area contributed by atoms with Crippen molar-refractivity contribution in [1.82, 2.24) is 15.0 Å². The first-order chi connectivity index (χ1) is 19.1. The summed E-state index contributed by atoms with van der Waals surface area (Å²) in [4.78, 5) is 15.6. The zero-order valence-corrected chi connectivity index (χ0v) is 27.8. The number of carbonyl (C=O) groups excluding carboxylic acids is 1. The molecule has 1 heterocycles. The quantitative estimate of drug-likeness (QED) is 0.190. The molecular formula is C35H44ClN3O3. The van der Waals surface area contributed by atoms with Crippen LogP contribution in [0.3, 0.4) is 0 Å². The van der Waals surface area contributed by atoms with E-state index in [1.165, 1.54) is 4.80 Å². The number of esters is 1. The average molecular weight is 590 g/mol. The highest BCUT2D eigenvalue weighted by Crippen LogP contribution is 2.42. The monoisotopic (exact) mass is 589 g/mol. The Morgan fingerprint density at radius 3 is 1.74 bits per heavy atom. The van der Waals surface area contributed by atoms with E-state index in [4.69, 9.17) is 26.5 Å². The van der Waals surface area contributed by atoms with E-state index in [0.29, 0.717) is 44.2 Å². The van der Waals surface area contributed by atoms with Gasteiger partial charge in [-0.3, -0.25) is 0 Å². The molecule has 0 unspecified atom stereocenters. The Morgan fingerprint density at radius 2 is 1.24 bits per heavy atom. The van der Waals surface area contributed by atoms with Gasteiger partial charge in [-0.05, 0) is 63.6 Å². The lowest BCUT2D eigenvalue weighted by Crippen LogP contribution is -2.23. The second-order valence-corrected chi connectivity index (χ2v) is 15.7. The van der Waals surface area contributed by atoms with Crippen molar-refractivity contribution in [2.24, 2.45) is 0 Å². The lowest BCUT2D eigenvalue weighted by Gasteiger charge is -2.29. The molecule has 0 aliphatic heterocycles. The highest BCUT2D eigenvalue weighted by molar-refractivity contribution is 6.31. The number of phenols is 1. The molecule has 0 saturated heterocycles. The molecule has 1 N–H and O–H groups in total. The molecule has 4 rings (SSSR count). The van der Waals surface area contributed by atoms with Crippen LogP contribution in [0.15, 0.2) is 42.5 Å². The Bertz CT molecular complexity index is 1640. The van der Waals surface area contributed by atoms with E-state index in [2.05, 4.69) is 47.6 Å². The third kappa shape index (κ3) is 6.34. The van der Waals surface area contributed by atoms with E-state index in [0.717, 1.165) is 11.1 Å². The van der Waals surface area contributed by atoms with Gasteiger partial charge >= 0.3 is 5.97 Å². The molecular weight excluding hydrogens is 546 g/mol. The van der Waals surface area contributed by atoms with Crippen LogP contribution in [0.25, 0.3) is 16.7 Å². The van der Waals surface area contributed by atoms with Crippen LogP contribution in [0.1, 0.15) is 116 Å². The highest BCUT2D eigenvalue weighted by Gasteiger charge is 2.32. The van der Waals surface area contributed by atoms with Crippen LogP contribution >= 0.6 is 11.6 Å². The average Bonchev–Trinajstić information content (AvgIpc) is 3.24. The molecule has 0 aliphatic carbocycles. The Kier molecular flexibility index (Phi) is 7.82. The van der Waals surface area contributed by atoms with E-state index in [9.17, 15) is 9.90 Å². The smallest absolute Gasteiger partial charge is 0.343 e. The molecule has 0 bridgehead atoms. The normalized spacial score (nSPS) is 13.1. The molecule has 42 heavy (non-hydrogen) atoms. The van der Waals surface area contributed by atoms with Crippen molar-refractivity contribution in [3.8, 4) is 17.2 Å². The minimum Gasteiger partial charge on any atom is -0.507 e. The molecule has 0 saturated carbocycles. The Morgan fingerprint density at radius 1 is 0.714 bits per heavy atom. The molecule has 224 valence electrons. The maximum atomic E-state index is 14.1. The topological polar surface area (TPSA) is 77.2 Å². The summed E-state index contributed by atoms with van der Waals surface area (Å²) < 4.78 is 6.36. The molecule has 0 amide bonds. The summed E-state index contributed by atoms with van der Waals surface area (Å²) in [5.74, 6) is 0.0962. The van der Waals surface area contributed by atoms with Gasteiger partial charge in [-0.25, -0.2) is 4.79 Å². The summed E-state index contributed by atoms with van der Waals surface area (Å²) in [5, 5.41) is 21.2. The number of hydrogen-bond acceptors (Lipinski definition) is 5. The molecule has 7 heteroatoms. The van der Waals surface area contributed by atoms with E-state index in [1.807, 2.05) is 53.7 Å². The van der Waals surface area contributed by atoms with Crippen LogP contribution in [0.4, 0.5) is 0 Å². The van der Waals surface area contributed by atoms with E-state index in [1.54, 1.807) is 24.3 Å². The number of benzene rings is 3. The van der Waals surface area contributed by atoms with Gasteiger partial charge in [0.25, 0.3) is 0 Å². The van der Waals surface area contributed by atoms with Crippen LogP contribution in [-0.2, 0) is 21.7 Å². The van der Waals surface area contributed by atoms with Crippen LogP contribution in [-0.4, -0.2) is 26.1 Å². The molecule has 3 aromatic carbocycles. The second kappa shape index (κ2) is 10.4. The highest BCUT2D eigenvalue weighted by atomic mass is 35.5. The van der Waals surface area contributed by atoms with Gasteiger partial charge in [-0.1, -0.05) is 101 Å². The fourth-order valence-corrected chi connectivity index (χ4v) is 5.07. The zero-order chi connectivity index (χ0) is 31.6. The molecule has 0 radical (unpaired) electrons. The number of hydrogen-bond donors (Lipinski definition) is 1. The molecule has 0 aliphatic rings. The molecule has 6 nitrogen and oxygen atoms in total. The third-order valence-electron chi connectivity index (χ3n) is 7.46. The van der Waals surface area contributed by atoms with Gasteiger partial charge < -0.3 is 9.84 Å². The Hall–Kier alpha value is -3.38. The minimum absolute atomic E-state index is 0.187. The number of aromatic hydroxyl groups is 1. The van der Waals surface area contributed by atoms with Gasteiger partial charge in [0.1, 0.15) is 22.5 Å². The molecule has 1 aromatic heterocycles. The van der Waals surface area contributed by atoms with Gasteiger partial charge in [0.15, 0.2) is 5.75 Å². The predicted molar refractivity (Wildman–Crippen MR) is 172 cm³/mol. The summed E-state index contributed by atoms with van der Waals surface area (Å²) in [6, 6.07) is 13.0. The maximum absolute atomic E-state index is 14.1. The van der Waals surface area contributed by atoms with E-state index >= 15 is 0 Å². The number of fused-ring (bicyclic) bond motifs is 1. The minimum atomic E-state index is -0.513. The van der Waals surface area contributed by atoms with E-state index < -0.39 is 16.8 Å². The number of carbonyl (C=O) groups is 1. The number of halogens is 1. The van der Waals surface area contributed by atoms with Crippen molar-refractivity contribution < 1.29 is 14.6 Å². The van der Waals surface area contributed by atoms with Crippen molar-refractivity contribution in [3.05, 3.63) is 75.3 Å². The molecule has 4 aromatic rings. The molecule has 0 atom stereocenters. The first kappa shape index (κ1) is 31.6. The Balaban J connectivity index is 1.99. The number of rotatable bonds is 3. The summed E-state index contributed by atoms with van der Waals surface area (Å²) in [7, 11) is 0. The summed E-state index contributed by atoms with van der Waals surface area (Å²) in [6.07, 6.45) is 0. The standard InChI is InChI=1S/C35H44ClN3O3/c1-32(2,3)21-17-25(35(10,11)12)30(28(18-21)39-37-26-14-13-22(36)19-27(26)38-39)42-31(41)20-15-23(33(4,5)6)29(40)24(16-20)34(7,8)9/h13-19,40H,1-12H3. The summed E-state index contributed by atoms with van der Waals surface area (Å²) in [5.41, 5.74) is 4.23. The largest absolute Gasteiger partial charge is 0.507 e. The van der Waals surface area contributed by atoms with Gasteiger partial charge in [0.05, 0.1) is 5.56 Å². The van der Waals surface area contributed by atoms with Gasteiger partial charge in [0, 0.05) is 21.7 Å². The third-order valence-corrected chi connectivity index (χ3v) is 7.69. The fourth-order valence-electron chi connectivity index (χ4n) is 4.90. The summed E-state index contributed by atoms with van der Waals surface area (Å²) >= 11 is 6.25. The van der Waals surface area contributed by atoms with Crippen LogP contribution in [0.2, 0.25) is 5.02 Å². The zero-order valence-electron chi connectivity index (χ0n) is 27.0.